The summed E-state index contributed by atoms with van der Waals surface area (Å²) < 4.78 is 91.4. The van der Waals surface area contributed by atoms with Crippen LogP contribution < -0.4 is 0 Å². The fraction of sp³-hybridized carbons (Fsp3) is 0.900. The molecule has 4 saturated carbocycles. The smallest absolute Gasteiger partial charge is 0.462 e. The summed E-state index contributed by atoms with van der Waals surface area (Å²) in [6, 6.07) is 0. The maximum Gasteiger partial charge on any atom is 0.474 e. The first-order chi connectivity index (χ1) is 27.7. The average Bonchev–Trinajstić information content (AvgIpc) is 3.38. The number of ether oxygens (including phenoxy) is 5. The Morgan fingerprint density at radius 2 is 1.35 bits per heavy atom. The number of hydrogen-bond acceptors (Lipinski definition) is 16. The van der Waals surface area contributed by atoms with Gasteiger partial charge in [0, 0.05) is 33.6 Å². The highest BCUT2D eigenvalue weighted by atomic mass is 32.3. The Kier molecular flexibility index (Phi) is 15.3. The van der Waals surface area contributed by atoms with Crippen LogP contribution in [0.5, 0.6) is 0 Å². The monoisotopic (exact) mass is 896 g/mol. The molecule has 3 N–H and O–H groups in total. The second-order valence-electron chi connectivity index (χ2n) is 18.7. The molecule has 0 spiro atoms. The number of carbonyl (C=O) groups is 4. The molecule has 0 aromatic heterocycles. The largest absolute Gasteiger partial charge is 0.474 e. The molecule has 5 rings (SSSR count). The minimum absolute atomic E-state index is 0.0171. The molecule has 0 amide bonds. The Bertz CT molecular complexity index is 1740. The standard InChI is InChI=1S/C40H65O18PS/c1-20(2)11-10-12-21(3)33-32(51-22(4)41)19-29-27-18-31(30-17-26(58-60(48,49)50)13-15-39(30,8)28(27)14-16-40(29,33)9)56-59(46,47)57-37-34(45)35(52-23(5)42)36(53-24(6)43)38(55-37)54-25(7)44/h20-21,26-38,45H,10-19H2,1-9H3,(H,46,47)(H,48,49,50)/t21-,26+,27?,28?,29?,30?,31+,32+,33+,34-,35-,36+,37+,38+,39-,40+/m1/s1. The summed E-state index contributed by atoms with van der Waals surface area (Å²) in [5, 5.41) is 11.3. The second kappa shape index (κ2) is 18.9. The van der Waals surface area contributed by atoms with Gasteiger partial charge in [-0.25, -0.2) is 8.75 Å². The zero-order valence-corrected chi connectivity index (χ0v) is 37.8. The van der Waals surface area contributed by atoms with Crippen LogP contribution in [0.25, 0.3) is 0 Å². The maximum absolute atomic E-state index is 14.2. The lowest BCUT2D eigenvalue weighted by atomic mass is 9.43. The molecular formula is C40H65O18PS. The van der Waals surface area contributed by atoms with Crippen LogP contribution >= 0.6 is 7.82 Å². The molecule has 0 bridgehead atoms. The molecule has 344 valence electrons. The normalized spacial score (nSPS) is 40.5. The Hall–Kier alpha value is -2.22. The first-order valence-corrected chi connectivity index (χ1v) is 24.0. The highest BCUT2D eigenvalue weighted by Gasteiger charge is 2.66. The van der Waals surface area contributed by atoms with Gasteiger partial charge in [-0.15, -0.1) is 0 Å². The van der Waals surface area contributed by atoms with E-state index in [0.717, 1.165) is 52.9 Å². The first-order valence-electron chi connectivity index (χ1n) is 21.1. The zero-order chi connectivity index (χ0) is 44.7. The predicted octanol–water partition coefficient (Wildman–Crippen LogP) is 5.42. The van der Waals surface area contributed by atoms with E-state index >= 15 is 0 Å². The van der Waals surface area contributed by atoms with Gasteiger partial charge in [0.1, 0.15) is 12.2 Å². The topological polar surface area (TPSA) is 254 Å². The van der Waals surface area contributed by atoms with Gasteiger partial charge in [-0.2, -0.15) is 8.42 Å². The molecule has 0 aromatic carbocycles. The number of esters is 4. The van der Waals surface area contributed by atoms with Crippen molar-refractivity contribution in [3.05, 3.63) is 0 Å². The molecule has 60 heavy (non-hydrogen) atoms. The summed E-state index contributed by atoms with van der Waals surface area (Å²) in [6.45, 7) is 15.4. The van der Waals surface area contributed by atoms with Crippen LogP contribution in [0.1, 0.15) is 127 Å². The van der Waals surface area contributed by atoms with Gasteiger partial charge in [0.05, 0.1) is 12.2 Å². The first kappa shape index (κ1) is 48.8. The Morgan fingerprint density at radius 1 is 0.750 bits per heavy atom. The van der Waals surface area contributed by atoms with Gasteiger partial charge in [-0.05, 0) is 91.3 Å². The molecule has 1 heterocycles. The third-order valence-electron chi connectivity index (χ3n) is 14.2. The van der Waals surface area contributed by atoms with Crippen molar-refractivity contribution in [3.63, 3.8) is 0 Å². The summed E-state index contributed by atoms with van der Waals surface area (Å²) >= 11 is 0. The van der Waals surface area contributed by atoms with Crippen LogP contribution in [-0.4, -0.2) is 96.1 Å². The minimum atomic E-state index is -5.31. The summed E-state index contributed by atoms with van der Waals surface area (Å²) in [5.74, 6) is -2.87. The van der Waals surface area contributed by atoms with Gasteiger partial charge in [-0.3, -0.25) is 32.8 Å². The summed E-state index contributed by atoms with van der Waals surface area (Å²) in [7, 11) is -10.2. The number of rotatable bonds is 15. The van der Waals surface area contributed by atoms with Gasteiger partial charge >= 0.3 is 42.1 Å². The maximum atomic E-state index is 14.2. The van der Waals surface area contributed by atoms with Crippen molar-refractivity contribution in [1.82, 2.24) is 0 Å². The lowest BCUT2D eigenvalue weighted by molar-refractivity contribution is -0.329. The summed E-state index contributed by atoms with van der Waals surface area (Å²) in [6.07, 6.45) is -5.54. The van der Waals surface area contributed by atoms with E-state index < -0.39 is 90.6 Å². The highest BCUT2D eigenvalue weighted by Crippen LogP contribution is 2.70. The van der Waals surface area contributed by atoms with Crippen LogP contribution in [0, 0.1) is 52.3 Å². The SMILES string of the molecule is CC(=O)O[C@H]1O[C@@H](OP(=O)(O)O[C@H]2CC3C(CC[C@@]4(C)C3C[C@H](OC(C)=O)[C@@H]4[C@H](C)CCCC(C)C)[C@@]3(C)CC[C@H](OS(=O)(=O)O)CC23)[C@H](O)[C@@H](OC(C)=O)[C@@H]1OC(C)=O. The third kappa shape index (κ3) is 11.1. The molecule has 5 fully saturated rings. The minimum Gasteiger partial charge on any atom is -0.462 e. The van der Waals surface area contributed by atoms with Gasteiger partial charge < -0.3 is 33.7 Å². The number of phosphoric ester groups is 1. The van der Waals surface area contributed by atoms with E-state index in [2.05, 4.69) is 34.6 Å². The lowest BCUT2D eigenvalue weighted by Gasteiger charge is -2.62. The quantitative estimate of drug-likeness (QED) is 0.0803. The van der Waals surface area contributed by atoms with E-state index in [9.17, 15) is 46.7 Å². The Balaban J connectivity index is 1.48. The van der Waals surface area contributed by atoms with Crippen LogP contribution in [0.4, 0.5) is 0 Å². The van der Waals surface area contributed by atoms with Crippen LogP contribution in [-0.2, 0) is 71.1 Å². The van der Waals surface area contributed by atoms with E-state index in [1.165, 1.54) is 6.92 Å². The van der Waals surface area contributed by atoms with Gasteiger partial charge in [-0.1, -0.05) is 53.9 Å². The van der Waals surface area contributed by atoms with Crippen molar-refractivity contribution in [2.24, 2.45) is 52.3 Å². The Morgan fingerprint density at radius 3 is 1.93 bits per heavy atom. The number of phosphoric acid groups is 1. The number of carbonyl (C=O) groups excluding carboxylic acids is 4. The molecule has 4 aliphatic carbocycles. The summed E-state index contributed by atoms with van der Waals surface area (Å²) in [4.78, 5) is 60.2. The molecule has 1 saturated heterocycles. The number of fused-ring (bicyclic) bond motifs is 5. The van der Waals surface area contributed by atoms with Crippen LogP contribution in [0.2, 0.25) is 0 Å². The average molecular weight is 897 g/mol. The van der Waals surface area contributed by atoms with Crippen molar-refractivity contribution in [3.8, 4) is 0 Å². The van der Waals surface area contributed by atoms with Crippen molar-refractivity contribution in [2.45, 2.75) is 176 Å². The molecular weight excluding hydrogens is 831 g/mol. The molecule has 18 nitrogen and oxygen atoms in total. The molecule has 0 aromatic rings. The molecule has 5 unspecified atom stereocenters. The second-order valence-corrected chi connectivity index (χ2v) is 21.1. The molecule has 0 radical (unpaired) electrons. The van der Waals surface area contributed by atoms with Crippen LogP contribution in [0.3, 0.4) is 0 Å². The molecule has 1 aliphatic heterocycles. The lowest BCUT2D eigenvalue weighted by Crippen LogP contribution is -2.61. The fourth-order valence-corrected chi connectivity index (χ4v) is 13.7. The van der Waals surface area contributed by atoms with E-state index in [0.29, 0.717) is 18.8 Å². The summed E-state index contributed by atoms with van der Waals surface area (Å²) in [5.41, 5.74) is -0.836. The van der Waals surface area contributed by atoms with E-state index in [-0.39, 0.29) is 66.3 Å². The zero-order valence-electron chi connectivity index (χ0n) is 36.1. The van der Waals surface area contributed by atoms with Crippen molar-refractivity contribution in [1.29, 1.82) is 0 Å². The van der Waals surface area contributed by atoms with Crippen molar-refractivity contribution < 1.29 is 83.6 Å². The van der Waals surface area contributed by atoms with Gasteiger partial charge in [0.15, 0.2) is 6.10 Å². The van der Waals surface area contributed by atoms with E-state index in [1.54, 1.807) is 0 Å². The highest BCUT2D eigenvalue weighted by molar-refractivity contribution is 7.80. The Labute approximate surface area is 352 Å². The van der Waals surface area contributed by atoms with Gasteiger partial charge in [0.25, 0.3) is 0 Å². The number of aliphatic hydroxyl groups is 1. The van der Waals surface area contributed by atoms with Crippen molar-refractivity contribution in [2.75, 3.05) is 0 Å². The van der Waals surface area contributed by atoms with Gasteiger partial charge in [0.2, 0.25) is 18.7 Å². The fourth-order valence-electron chi connectivity index (χ4n) is 12.1. The number of aliphatic hydroxyl groups excluding tert-OH is 1. The predicted molar refractivity (Wildman–Crippen MR) is 209 cm³/mol. The number of hydrogen-bond donors (Lipinski definition) is 3. The van der Waals surface area contributed by atoms with E-state index in [4.69, 9.17) is 36.9 Å². The molecule has 5 aliphatic rings. The van der Waals surface area contributed by atoms with E-state index in [1.807, 2.05) is 0 Å². The van der Waals surface area contributed by atoms with Crippen LogP contribution in [0.15, 0.2) is 0 Å². The molecule has 20 heteroatoms. The van der Waals surface area contributed by atoms with Crippen molar-refractivity contribution >= 4 is 42.1 Å². The third-order valence-corrected chi connectivity index (χ3v) is 15.7. The molecule has 17 atom stereocenters.